The van der Waals surface area contributed by atoms with Crippen molar-refractivity contribution in [3.05, 3.63) is 29.7 Å². The molecule has 1 fully saturated rings. The lowest BCUT2D eigenvalue weighted by atomic mass is 9.90. The molecule has 3 heterocycles. The normalized spacial score (nSPS) is 21.0. The number of rotatable bonds is 5. The van der Waals surface area contributed by atoms with Crippen molar-refractivity contribution in [2.24, 2.45) is 13.0 Å². The fourth-order valence-corrected chi connectivity index (χ4v) is 3.11. The molecule has 0 bridgehead atoms. The highest BCUT2D eigenvalue weighted by molar-refractivity contribution is 5.92. The predicted octanol–water partition coefficient (Wildman–Crippen LogP) is 2.31. The second kappa shape index (κ2) is 7.17. The molecule has 0 spiro atoms. The summed E-state index contributed by atoms with van der Waals surface area (Å²) in [6, 6.07) is 1.92. The predicted molar refractivity (Wildman–Crippen MR) is 90.5 cm³/mol. The first-order chi connectivity index (χ1) is 11.6. The molecule has 0 unspecified atom stereocenters. The van der Waals surface area contributed by atoms with Gasteiger partial charge in [-0.15, -0.1) is 0 Å². The van der Waals surface area contributed by atoms with Gasteiger partial charge in [-0.2, -0.15) is 10.2 Å². The Labute approximate surface area is 142 Å². The molecule has 1 N–H and O–H groups in total. The Balaban J connectivity index is 1.76. The quantitative estimate of drug-likeness (QED) is 0.912. The first-order valence-corrected chi connectivity index (χ1v) is 8.60. The molecule has 1 amide bonds. The third-order valence-corrected chi connectivity index (χ3v) is 4.51. The molecule has 2 atom stereocenters. The van der Waals surface area contributed by atoms with Gasteiger partial charge >= 0.3 is 0 Å². The molecule has 0 radical (unpaired) electrons. The van der Waals surface area contributed by atoms with Crippen LogP contribution in [0.1, 0.15) is 44.1 Å². The number of carbonyl (C=O) groups excluding carboxylic acids is 1. The van der Waals surface area contributed by atoms with E-state index in [1.807, 2.05) is 37.8 Å². The van der Waals surface area contributed by atoms with Gasteiger partial charge in [-0.3, -0.25) is 14.2 Å². The molecule has 7 heteroatoms. The third-order valence-electron chi connectivity index (χ3n) is 4.51. The Morgan fingerprint density at radius 2 is 2.29 bits per heavy atom. The Morgan fingerprint density at radius 1 is 1.46 bits per heavy atom. The minimum absolute atomic E-state index is 0.0189. The molecule has 1 saturated heterocycles. The summed E-state index contributed by atoms with van der Waals surface area (Å²) in [5, 5.41) is 11.7. The van der Waals surface area contributed by atoms with E-state index in [1.165, 1.54) is 0 Å². The van der Waals surface area contributed by atoms with Crippen molar-refractivity contribution in [1.29, 1.82) is 0 Å². The van der Waals surface area contributed by atoms with Gasteiger partial charge < -0.3 is 10.1 Å². The zero-order valence-corrected chi connectivity index (χ0v) is 14.5. The van der Waals surface area contributed by atoms with Crippen molar-refractivity contribution >= 4 is 11.7 Å². The summed E-state index contributed by atoms with van der Waals surface area (Å²) in [6.07, 6.45) is 6.08. The molecule has 130 valence electrons. The number of amides is 1. The highest BCUT2D eigenvalue weighted by atomic mass is 16.5. The van der Waals surface area contributed by atoms with Crippen LogP contribution in [0.15, 0.2) is 18.5 Å². The molecule has 24 heavy (non-hydrogen) atoms. The van der Waals surface area contributed by atoms with Gasteiger partial charge in [-0.25, -0.2) is 0 Å². The molecule has 1 aliphatic heterocycles. The summed E-state index contributed by atoms with van der Waals surface area (Å²) in [5.74, 6) is 0.494. The topological polar surface area (TPSA) is 74.0 Å². The maximum atomic E-state index is 12.8. The zero-order valence-electron chi connectivity index (χ0n) is 14.5. The molecule has 0 saturated carbocycles. The van der Waals surface area contributed by atoms with Gasteiger partial charge in [0.25, 0.3) is 0 Å². The lowest BCUT2D eigenvalue weighted by Gasteiger charge is -2.30. The van der Waals surface area contributed by atoms with E-state index in [-0.39, 0.29) is 17.9 Å². The van der Waals surface area contributed by atoms with Crippen LogP contribution in [-0.4, -0.2) is 32.1 Å². The van der Waals surface area contributed by atoms with Gasteiger partial charge in [0.15, 0.2) is 0 Å². The molecule has 2 aromatic rings. The maximum Gasteiger partial charge on any atom is 0.231 e. The van der Waals surface area contributed by atoms with Gasteiger partial charge in [0, 0.05) is 38.0 Å². The lowest BCUT2D eigenvalue weighted by Crippen LogP contribution is -2.33. The number of aromatic nitrogens is 4. The molecule has 2 aromatic heterocycles. The van der Waals surface area contributed by atoms with E-state index in [9.17, 15) is 4.79 Å². The van der Waals surface area contributed by atoms with Crippen LogP contribution in [0.3, 0.4) is 0 Å². The summed E-state index contributed by atoms with van der Waals surface area (Å²) in [5.41, 5.74) is 1.93. The van der Waals surface area contributed by atoms with Crippen molar-refractivity contribution in [2.45, 2.75) is 45.8 Å². The van der Waals surface area contributed by atoms with Crippen molar-refractivity contribution in [1.82, 2.24) is 19.6 Å². The summed E-state index contributed by atoms with van der Waals surface area (Å²) < 4.78 is 9.48. The third kappa shape index (κ3) is 3.36. The van der Waals surface area contributed by atoms with E-state index in [0.29, 0.717) is 6.61 Å². The number of nitrogens with zero attached hydrogens (tertiary/aromatic N) is 4. The average Bonchev–Trinajstić information content (AvgIpc) is 3.21. The van der Waals surface area contributed by atoms with Crippen molar-refractivity contribution in [3.8, 4) is 0 Å². The fraction of sp³-hybridized carbons (Fsp3) is 0.588. The summed E-state index contributed by atoms with van der Waals surface area (Å²) in [6.45, 7) is 5.57. The first-order valence-electron chi connectivity index (χ1n) is 8.60. The number of carbonyl (C=O) groups is 1. The van der Waals surface area contributed by atoms with Gasteiger partial charge in [-0.05, 0) is 26.2 Å². The number of aryl methyl sites for hydroxylation is 3. The summed E-state index contributed by atoms with van der Waals surface area (Å²) in [4.78, 5) is 12.8. The van der Waals surface area contributed by atoms with Crippen LogP contribution in [0.5, 0.6) is 0 Å². The largest absolute Gasteiger partial charge is 0.373 e. The van der Waals surface area contributed by atoms with Crippen LogP contribution in [0.25, 0.3) is 0 Å². The van der Waals surface area contributed by atoms with E-state index in [2.05, 4.69) is 15.5 Å². The second-order valence-electron chi connectivity index (χ2n) is 6.16. The number of ether oxygens (including phenoxy) is 1. The van der Waals surface area contributed by atoms with Crippen LogP contribution in [0.4, 0.5) is 5.82 Å². The zero-order chi connectivity index (χ0) is 17.1. The van der Waals surface area contributed by atoms with Crippen LogP contribution in [0.2, 0.25) is 0 Å². The van der Waals surface area contributed by atoms with Gasteiger partial charge in [-0.1, -0.05) is 6.92 Å². The van der Waals surface area contributed by atoms with E-state index in [1.54, 1.807) is 10.9 Å². The number of hydrogen-bond acceptors (Lipinski definition) is 4. The highest BCUT2D eigenvalue weighted by Crippen LogP contribution is 2.34. The molecule has 7 nitrogen and oxygen atoms in total. The Hall–Kier alpha value is -2.15. The monoisotopic (exact) mass is 331 g/mol. The van der Waals surface area contributed by atoms with E-state index in [4.69, 9.17) is 4.74 Å². The molecular weight excluding hydrogens is 306 g/mol. The van der Waals surface area contributed by atoms with Gasteiger partial charge in [0.1, 0.15) is 5.82 Å². The van der Waals surface area contributed by atoms with E-state index in [0.717, 1.165) is 42.9 Å². The molecule has 0 aliphatic carbocycles. The number of anilines is 1. The van der Waals surface area contributed by atoms with E-state index < -0.39 is 0 Å². The first kappa shape index (κ1) is 16.7. The van der Waals surface area contributed by atoms with Crippen molar-refractivity contribution < 1.29 is 9.53 Å². The maximum absolute atomic E-state index is 12.8. The molecule has 1 aliphatic rings. The number of nitrogens with one attached hydrogen (secondary N) is 1. The Bertz CT molecular complexity index is 706. The fourth-order valence-electron chi connectivity index (χ4n) is 3.11. The molecular formula is C17H25N5O2. The summed E-state index contributed by atoms with van der Waals surface area (Å²) >= 11 is 0. The van der Waals surface area contributed by atoms with Crippen LogP contribution < -0.4 is 5.32 Å². The number of hydrogen-bond donors (Lipinski definition) is 1. The van der Waals surface area contributed by atoms with Crippen LogP contribution in [-0.2, 0) is 29.5 Å². The van der Waals surface area contributed by atoms with Crippen LogP contribution in [0, 0.1) is 5.92 Å². The van der Waals surface area contributed by atoms with Gasteiger partial charge in [0.2, 0.25) is 5.91 Å². The lowest BCUT2D eigenvalue weighted by molar-refractivity contribution is -0.129. The van der Waals surface area contributed by atoms with Crippen molar-refractivity contribution in [2.75, 3.05) is 11.9 Å². The van der Waals surface area contributed by atoms with E-state index >= 15 is 0 Å². The van der Waals surface area contributed by atoms with Crippen molar-refractivity contribution in [3.63, 3.8) is 0 Å². The van der Waals surface area contributed by atoms with Gasteiger partial charge in [0.05, 0.1) is 23.9 Å². The average molecular weight is 331 g/mol. The molecule has 0 aromatic carbocycles. The second-order valence-corrected chi connectivity index (χ2v) is 6.16. The Kier molecular flexibility index (Phi) is 4.99. The minimum Gasteiger partial charge on any atom is -0.373 e. The minimum atomic E-state index is -0.238. The SMILES string of the molecule is CCc1cc(NC(=O)[C@@H]2CCCO[C@H]2c2cnn(CC)c2)n(C)n1. The van der Waals surface area contributed by atoms with Crippen LogP contribution >= 0.6 is 0 Å². The summed E-state index contributed by atoms with van der Waals surface area (Å²) in [7, 11) is 1.84. The Morgan fingerprint density at radius 3 is 2.96 bits per heavy atom. The standard InChI is InChI=1S/C17H25N5O2/c1-4-13-9-15(21(3)20-13)19-17(23)14-7-6-8-24-16(14)12-10-18-22(5-2)11-12/h9-11,14,16H,4-8H2,1-3H3,(H,19,23)/t14-,16+/m1/s1. The molecule has 3 rings (SSSR count). The smallest absolute Gasteiger partial charge is 0.231 e. The highest BCUT2D eigenvalue weighted by Gasteiger charge is 2.34.